The van der Waals surface area contributed by atoms with Gasteiger partial charge in [0, 0.05) is 5.56 Å². The van der Waals surface area contributed by atoms with E-state index >= 15 is 0 Å². The van der Waals surface area contributed by atoms with Crippen molar-refractivity contribution in [1.82, 2.24) is 0 Å². The van der Waals surface area contributed by atoms with Gasteiger partial charge in [0.25, 0.3) is 0 Å². The average Bonchev–Trinajstić information content (AvgIpc) is 2.28. The number of hydrogen-bond acceptors (Lipinski definition) is 3. The Hall–Kier alpha value is -0.810. The second kappa shape index (κ2) is 5.23. The van der Waals surface area contributed by atoms with Crippen LogP contribution in [0.25, 0.3) is 0 Å². The minimum Gasteiger partial charge on any atom is -0.478 e. The smallest absolute Gasteiger partial charge is 0.338 e. The van der Waals surface area contributed by atoms with Crippen LogP contribution in [0.1, 0.15) is 28.6 Å². The predicted octanol–water partition coefficient (Wildman–Crippen LogP) is 3.13. The molecule has 1 aromatic rings. The lowest BCUT2D eigenvalue weighted by Crippen LogP contribution is -2.18. The highest BCUT2D eigenvalue weighted by atomic mass is 35.5. The maximum absolute atomic E-state index is 10.9. The molecular formula is C11H10Cl2O4. The number of carboxylic acids is 1. The Bertz CT molecular complexity index is 418. The van der Waals surface area contributed by atoms with Crippen LogP contribution in [0.5, 0.6) is 0 Å². The van der Waals surface area contributed by atoms with E-state index in [0.29, 0.717) is 18.8 Å². The van der Waals surface area contributed by atoms with Crippen LogP contribution in [0.4, 0.5) is 0 Å². The molecule has 1 saturated heterocycles. The fraction of sp³-hybridized carbons (Fsp3) is 0.364. The molecule has 1 fully saturated rings. The van der Waals surface area contributed by atoms with E-state index < -0.39 is 12.3 Å². The lowest BCUT2D eigenvalue weighted by Gasteiger charge is -2.24. The molecule has 17 heavy (non-hydrogen) atoms. The summed E-state index contributed by atoms with van der Waals surface area (Å²) >= 11 is 11.7. The molecule has 1 heterocycles. The van der Waals surface area contributed by atoms with Gasteiger partial charge in [0.05, 0.1) is 28.8 Å². The van der Waals surface area contributed by atoms with Crippen molar-refractivity contribution in [1.29, 1.82) is 0 Å². The van der Waals surface area contributed by atoms with Gasteiger partial charge in [0.1, 0.15) is 0 Å². The summed E-state index contributed by atoms with van der Waals surface area (Å²) in [5.41, 5.74) is 0.526. The molecular weight excluding hydrogens is 267 g/mol. The van der Waals surface area contributed by atoms with Gasteiger partial charge in [0.2, 0.25) is 0 Å². The van der Waals surface area contributed by atoms with Crippen LogP contribution >= 0.6 is 23.2 Å². The number of halogens is 2. The van der Waals surface area contributed by atoms with Crippen LogP contribution in [0.2, 0.25) is 10.0 Å². The number of aromatic carboxylic acids is 1. The predicted molar refractivity (Wildman–Crippen MR) is 62.7 cm³/mol. The Morgan fingerprint density at radius 1 is 1.24 bits per heavy atom. The van der Waals surface area contributed by atoms with Gasteiger partial charge in [0.15, 0.2) is 6.29 Å². The zero-order valence-corrected chi connectivity index (χ0v) is 10.3. The Morgan fingerprint density at radius 3 is 2.24 bits per heavy atom. The number of ether oxygens (including phenoxy) is 2. The minimum absolute atomic E-state index is 0.0813. The van der Waals surface area contributed by atoms with Gasteiger partial charge in [-0.1, -0.05) is 23.2 Å². The van der Waals surface area contributed by atoms with Gasteiger partial charge in [-0.2, -0.15) is 0 Å². The Morgan fingerprint density at radius 2 is 1.76 bits per heavy atom. The molecule has 1 aromatic carbocycles. The van der Waals surface area contributed by atoms with Crippen LogP contribution in [-0.2, 0) is 9.47 Å². The van der Waals surface area contributed by atoms with Crippen molar-refractivity contribution in [2.75, 3.05) is 13.2 Å². The maximum Gasteiger partial charge on any atom is 0.338 e. The summed E-state index contributed by atoms with van der Waals surface area (Å²) < 4.78 is 10.8. The van der Waals surface area contributed by atoms with E-state index in [9.17, 15) is 4.79 Å². The lowest BCUT2D eigenvalue weighted by atomic mass is 10.1. The Balaban J connectivity index is 2.34. The van der Waals surface area contributed by atoms with E-state index in [1.165, 1.54) is 12.1 Å². The lowest BCUT2D eigenvalue weighted by molar-refractivity contribution is -0.183. The topological polar surface area (TPSA) is 55.8 Å². The highest BCUT2D eigenvalue weighted by Crippen LogP contribution is 2.32. The second-order valence-corrected chi connectivity index (χ2v) is 4.41. The van der Waals surface area contributed by atoms with Crippen molar-refractivity contribution in [2.24, 2.45) is 0 Å². The van der Waals surface area contributed by atoms with E-state index in [2.05, 4.69) is 0 Å². The number of hydrogen-bond donors (Lipinski definition) is 1. The molecule has 0 aromatic heterocycles. The molecule has 2 rings (SSSR count). The minimum atomic E-state index is -1.16. The molecule has 0 aliphatic carbocycles. The van der Waals surface area contributed by atoms with Crippen molar-refractivity contribution >= 4 is 29.2 Å². The van der Waals surface area contributed by atoms with Crippen molar-refractivity contribution in [3.8, 4) is 0 Å². The summed E-state index contributed by atoms with van der Waals surface area (Å²) in [5, 5.41) is 9.08. The van der Waals surface area contributed by atoms with Gasteiger partial charge in [-0.3, -0.25) is 0 Å². The molecule has 1 aliphatic heterocycles. The second-order valence-electron chi connectivity index (χ2n) is 3.59. The first-order valence-corrected chi connectivity index (χ1v) is 5.80. The van der Waals surface area contributed by atoms with Crippen molar-refractivity contribution in [2.45, 2.75) is 12.7 Å². The number of carbonyl (C=O) groups is 1. The first kappa shape index (κ1) is 12.6. The highest BCUT2D eigenvalue weighted by Gasteiger charge is 2.21. The van der Waals surface area contributed by atoms with Gasteiger partial charge >= 0.3 is 5.97 Å². The SMILES string of the molecule is O=C(O)c1c(Cl)cc(C2OCCCO2)cc1Cl. The van der Waals surface area contributed by atoms with E-state index in [1.54, 1.807) is 0 Å². The largest absolute Gasteiger partial charge is 0.478 e. The molecule has 0 unspecified atom stereocenters. The van der Waals surface area contributed by atoms with Crippen LogP contribution < -0.4 is 0 Å². The van der Waals surface area contributed by atoms with Gasteiger partial charge in [-0.15, -0.1) is 0 Å². The van der Waals surface area contributed by atoms with Gasteiger partial charge < -0.3 is 14.6 Å². The molecule has 0 bridgehead atoms. The zero-order valence-electron chi connectivity index (χ0n) is 8.78. The molecule has 0 spiro atoms. The van der Waals surface area contributed by atoms with Gasteiger partial charge in [-0.25, -0.2) is 4.79 Å². The van der Waals surface area contributed by atoms with Crippen LogP contribution in [0.3, 0.4) is 0 Å². The molecule has 0 amide bonds. The summed E-state index contributed by atoms with van der Waals surface area (Å²) in [6, 6.07) is 3.01. The first-order chi connectivity index (χ1) is 8.09. The number of rotatable bonds is 2. The highest BCUT2D eigenvalue weighted by molar-refractivity contribution is 6.39. The molecule has 0 saturated carbocycles. The maximum atomic E-state index is 10.9. The number of benzene rings is 1. The average molecular weight is 277 g/mol. The third kappa shape index (κ3) is 2.72. The van der Waals surface area contributed by atoms with Crippen LogP contribution in [-0.4, -0.2) is 24.3 Å². The third-order valence-corrected chi connectivity index (χ3v) is 2.97. The van der Waals surface area contributed by atoms with Crippen molar-refractivity contribution < 1.29 is 19.4 Å². The molecule has 6 heteroatoms. The Kier molecular flexibility index (Phi) is 3.89. The number of carboxylic acid groups (broad SMARTS) is 1. The van der Waals surface area contributed by atoms with Crippen LogP contribution in [0, 0.1) is 0 Å². The molecule has 4 nitrogen and oxygen atoms in total. The molecule has 92 valence electrons. The summed E-state index contributed by atoms with van der Waals surface area (Å²) in [6.07, 6.45) is 0.312. The van der Waals surface area contributed by atoms with E-state index in [0.717, 1.165) is 6.42 Å². The summed E-state index contributed by atoms with van der Waals surface area (Å²) in [5.74, 6) is -1.16. The fourth-order valence-electron chi connectivity index (χ4n) is 1.61. The zero-order chi connectivity index (χ0) is 12.4. The Labute approximate surface area is 108 Å². The summed E-state index contributed by atoms with van der Waals surface area (Å²) in [6.45, 7) is 1.20. The van der Waals surface area contributed by atoms with E-state index in [-0.39, 0.29) is 15.6 Å². The molecule has 0 radical (unpaired) electrons. The molecule has 0 atom stereocenters. The summed E-state index contributed by atoms with van der Waals surface area (Å²) in [4.78, 5) is 10.9. The van der Waals surface area contributed by atoms with Crippen LogP contribution in [0.15, 0.2) is 12.1 Å². The first-order valence-electron chi connectivity index (χ1n) is 5.05. The van der Waals surface area contributed by atoms with Crippen molar-refractivity contribution in [3.05, 3.63) is 33.3 Å². The molecule has 1 aliphatic rings. The monoisotopic (exact) mass is 276 g/mol. The molecule has 1 N–H and O–H groups in total. The quantitative estimate of drug-likeness (QED) is 0.902. The van der Waals surface area contributed by atoms with E-state index in [4.69, 9.17) is 37.8 Å². The van der Waals surface area contributed by atoms with Gasteiger partial charge in [-0.05, 0) is 18.6 Å². The van der Waals surface area contributed by atoms with E-state index in [1.807, 2.05) is 0 Å². The normalized spacial score (nSPS) is 17.1. The summed E-state index contributed by atoms with van der Waals surface area (Å²) in [7, 11) is 0. The fourth-order valence-corrected chi connectivity index (χ4v) is 2.28. The third-order valence-electron chi connectivity index (χ3n) is 2.38. The van der Waals surface area contributed by atoms with Crippen molar-refractivity contribution in [3.63, 3.8) is 0 Å². The standard InChI is InChI=1S/C11H10Cl2O4/c12-7-4-6(11-16-2-1-3-17-11)5-8(13)9(7)10(14)15/h4-5,11H,1-3H2,(H,14,15).